The molecular formula is C17H24ClNO2. The quantitative estimate of drug-likeness (QED) is 0.927. The number of aryl methyl sites for hydroxylation is 1. The van der Waals surface area contributed by atoms with E-state index in [1.807, 2.05) is 7.05 Å². The predicted octanol–water partition coefficient (Wildman–Crippen LogP) is 3.49. The molecule has 2 saturated heterocycles. The maximum absolute atomic E-state index is 6.48. The second-order valence-electron chi connectivity index (χ2n) is 6.38. The number of hydrogen-bond donors (Lipinski definition) is 1. The molecule has 0 aliphatic carbocycles. The van der Waals surface area contributed by atoms with E-state index in [1.165, 1.54) is 11.1 Å². The van der Waals surface area contributed by atoms with Gasteiger partial charge in [0.25, 0.3) is 0 Å². The van der Waals surface area contributed by atoms with Crippen LogP contribution >= 0.6 is 11.6 Å². The molecule has 0 radical (unpaired) electrons. The Hall–Kier alpha value is -0.610. The molecule has 21 heavy (non-hydrogen) atoms. The third-order valence-corrected chi connectivity index (χ3v) is 5.20. The lowest BCUT2D eigenvalue weighted by Crippen LogP contribution is -2.43. The van der Waals surface area contributed by atoms with Gasteiger partial charge in [0.2, 0.25) is 0 Å². The average molecular weight is 310 g/mol. The minimum absolute atomic E-state index is 0.0603. The first kappa shape index (κ1) is 15.3. The molecule has 2 aliphatic rings. The third kappa shape index (κ3) is 3.11. The molecule has 1 aromatic rings. The number of halogens is 1. The summed E-state index contributed by atoms with van der Waals surface area (Å²) in [4.78, 5) is 0. The van der Waals surface area contributed by atoms with Crippen LogP contribution in [0.25, 0.3) is 0 Å². The Balaban J connectivity index is 1.82. The van der Waals surface area contributed by atoms with Gasteiger partial charge in [0, 0.05) is 30.7 Å². The van der Waals surface area contributed by atoms with Crippen molar-refractivity contribution in [1.82, 2.24) is 5.32 Å². The van der Waals surface area contributed by atoms with Gasteiger partial charge < -0.3 is 14.8 Å². The summed E-state index contributed by atoms with van der Waals surface area (Å²) in [5.74, 6) is 0.533. The first-order valence-corrected chi connectivity index (χ1v) is 8.16. The summed E-state index contributed by atoms with van der Waals surface area (Å²) in [6.07, 6.45) is 3.13. The summed E-state index contributed by atoms with van der Waals surface area (Å²) in [5.41, 5.74) is 2.34. The molecule has 1 N–H and O–H groups in total. The summed E-state index contributed by atoms with van der Waals surface area (Å²) in [6.45, 7) is 4.45. The van der Waals surface area contributed by atoms with Gasteiger partial charge in [0.05, 0.1) is 12.2 Å². The Kier molecular flexibility index (Phi) is 4.55. The Labute approximate surface area is 132 Å². The molecule has 3 nitrogen and oxygen atoms in total. The molecule has 2 aliphatic heterocycles. The highest BCUT2D eigenvalue weighted by Gasteiger charge is 2.43. The first-order valence-electron chi connectivity index (χ1n) is 7.79. The highest BCUT2D eigenvalue weighted by Crippen LogP contribution is 2.42. The normalized spacial score (nSPS) is 30.7. The number of hydrogen-bond acceptors (Lipinski definition) is 3. The molecule has 3 atom stereocenters. The number of benzene rings is 1. The van der Waals surface area contributed by atoms with Crippen LogP contribution in [0.15, 0.2) is 18.2 Å². The largest absolute Gasteiger partial charge is 0.378 e. The second-order valence-corrected chi connectivity index (χ2v) is 6.79. The van der Waals surface area contributed by atoms with E-state index in [9.17, 15) is 0 Å². The van der Waals surface area contributed by atoms with Gasteiger partial charge in [0.15, 0.2) is 0 Å². The Bertz CT molecular complexity index is 500. The summed E-state index contributed by atoms with van der Waals surface area (Å²) in [7, 11) is 2.02. The maximum Gasteiger partial charge on any atom is 0.0940 e. The van der Waals surface area contributed by atoms with Crippen molar-refractivity contribution in [2.75, 3.05) is 26.9 Å². The molecule has 0 bridgehead atoms. The lowest BCUT2D eigenvalue weighted by molar-refractivity contribution is -0.103. The molecule has 2 heterocycles. The Morgan fingerprint density at radius 2 is 2.24 bits per heavy atom. The molecular weight excluding hydrogens is 286 g/mol. The summed E-state index contributed by atoms with van der Waals surface area (Å²) < 4.78 is 11.6. The van der Waals surface area contributed by atoms with Crippen molar-refractivity contribution < 1.29 is 9.47 Å². The predicted molar refractivity (Wildman–Crippen MR) is 84.8 cm³/mol. The fourth-order valence-electron chi connectivity index (χ4n) is 3.74. The highest BCUT2D eigenvalue weighted by atomic mass is 35.5. The van der Waals surface area contributed by atoms with Gasteiger partial charge >= 0.3 is 0 Å². The third-order valence-electron chi connectivity index (χ3n) is 4.87. The lowest BCUT2D eigenvalue weighted by Gasteiger charge is -2.40. The molecule has 2 fully saturated rings. The zero-order valence-electron chi connectivity index (χ0n) is 12.8. The van der Waals surface area contributed by atoms with Crippen LogP contribution in [0.1, 0.15) is 36.4 Å². The van der Waals surface area contributed by atoms with Gasteiger partial charge in [-0.05, 0) is 49.9 Å². The molecule has 1 aromatic carbocycles. The molecule has 3 rings (SSSR count). The minimum Gasteiger partial charge on any atom is -0.378 e. The van der Waals surface area contributed by atoms with Gasteiger partial charge in [-0.3, -0.25) is 0 Å². The van der Waals surface area contributed by atoms with E-state index < -0.39 is 0 Å². The van der Waals surface area contributed by atoms with Gasteiger partial charge in [0.1, 0.15) is 0 Å². The smallest absolute Gasteiger partial charge is 0.0940 e. The van der Waals surface area contributed by atoms with Crippen LogP contribution in [-0.2, 0) is 9.47 Å². The van der Waals surface area contributed by atoms with E-state index in [0.29, 0.717) is 5.92 Å². The van der Waals surface area contributed by atoms with E-state index in [-0.39, 0.29) is 11.6 Å². The van der Waals surface area contributed by atoms with Crippen molar-refractivity contribution in [3.63, 3.8) is 0 Å². The van der Waals surface area contributed by atoms with Gasteiger partial charge in [-0.1, -0.05) is 23.7 Å². The maximum atomic E-state index is 6.48. The van der Waals surface area contributed by atoms with Crippen molar-refractivity contribution >= 4 is 11.6 Å². The Morgan fingerprint density at radius 1 is 1.38 bits per heavy atom. The monoisotopic (exact) mass is 309 g/mol. The van der Waals surface area contributed by atoms with Crippen molar-refractivity contribution in [2.24, 2.45) is 5.92 Å². The molecule has 4 heteroatoms. The van der Waals surface area contributed by atoms with E-state index in [1.54, 1.807) is 0 Å². The van der Waals surface area contributed by atoms with Gasteiger partial charge in [-0.2, -0.15) is 0 Å². The van der Waals surface area contributed by atoms with Crippen LogP contribution in [0, 0.1) is 12.8 Å². The zero-order chi connectivity index (χ0) is 14.9. The molecule has 1 spiro atoms. The van der Waals surface area contributed by atoms with Crippen LogP contribution in [-0.4, -0.2) is 32.5 Å². The van der Waals surface area contributed by atoms with Gasteiger partial charge in [-0.15, -0.1) is 0 Å². The second kappa shape index (κ2) is 6.25. The molecule has 116 valence electrons. The van der Waals surface area contributed by atoms with E-state index in [0.717, 1.165) is 44.1 Å². The minimum atomic E-state index is -0.0603. The number of nitrogens with one attached hydrogen (secondary N) is 1. The van der Waals surface area contributed by atoms with E-state index in [2.05, 4.69) is 30.4 Å². The van der Waals surface area contributed by atoms with E-state index >= 15 is 0 Å². The molecule has 0 saturated carbocycles. The summed E-state index contributed by atoms with van der Waals surface area (Å²) >= 11 is 6.48. The van der Waals surface area contributed by atoms with Crippen LogP contribution in [0.5, 0.6) is 0 Å². The van der Waals surface area contributed by atoms with Crippen LogP contribution < -0.4 is 5.32 Å². The first-order chi connectivity index (χ1) is 10.1. The van der Waals surface area contributed by atoms with Gasteiger partial charge in [-0.25, -0.2) is 0 Å². The van der Waals surface area contributed by atoms with Crippen LogP contribution in [0.3, 0.4) is 0 Å². The topological polar surface area (TPSA) is 30.5 Å². The fourth-order valence-corrected chi connectivity index (χ4v) is 4.10. The van der Waals surface area contributed by atoms with Crippen molar-refractivity contribution in [2.45, 2.75) is 37.8 Å². The lowest BCUT2D eigenvalue weighted by atomic mass is 9.79. The molecule has 0 aromatic heterocycles. The van der Waals surface area contributed by atoms with Crippen molar-refractivity contribution in [1.29, 1.82) is 0 Å². The standard InChI is InChI=1S/C17H24ClNO2/c1-12-3-4-14(15(18)9-12)16(19-2)13-5-7-21-17(10-13)6-8-20-11-17/h3-4,9,13,16,19H,5-8,10-11H2,1-2H3. The SMILES string of the molecule is CNC(c1ccc(C)cc1Cl)C1CCOC2(CCOC2)C1. The van der Waals surface area contributed by atoms with E-state index in [4.69, 9.17) is 21.1 Å². The summed E-state index contributed by atoms with van der Waals surface area (Å²) in [6, 6.07) is 6.62. The van der Waals surface area contributed by atoms with Crippen LogP contribution in [0.2, 0.25) is 5.02 Å². The fraction of sp³-hybridized carbons (Fsp3) is 0.647. The highest BCUT2D eigenvalue weighted by molar-refractivity contribution is 6.31. The van der Waals surface area contributed by atoms with Crippen molar-refractivity contribution in [3.05, 3.63) is 34.3 Å². The molecule has 3 unspecified atom stereocenters. The summed E-state index contributed by atoms with van der Waals surface area (Å²) in [5, 5.41) is 4.33. The average Bonchev–Trinajstić information content (AvgIpc) is 2.90. The van der Waals surface area contributed by atoms with Crippen LogP contribution in [0.4, 0.5) is 0 Å². The number of rotatable bonds is 3. The zero-order valence-corrected chi connectivity index (χ0v) is 13.6. The van der Waals surface area contributed by atoms with Crippen molar-refractivity contribution in [3.8, 4) is 0 Å². The Morgan fingerprint density at radius 3 is 2.90 bits per heavy atom. The number of ether oxygens (including phenoxy) is 2. The molecule has 0 amide bonds.